The summed E-state index contributed by atoms with van der Waals surface area (Å²) in [5, 5.41) is 0. The molecule has 0 amide bonds. The maximum Gasteiger partial charge on any atom is 0.335 e. The number of H-pyrrole nitrogens is 1. The van der Waals surface area contributed by atoms with Crippen molar-refractivity contribution in [2.75, 3.05) is 13.7 Å². The van der Waals surface area contributed by atoms with E-state index in [0.717, 1.165) is 0 Å². The highest BCUT2D eigenvalue weighted by atomic mass is 28.5. The van der Waals surface area contributed by atoms with Gasteiger partial charge in [0.25, 0.3) is 5.56 Å². The average Bonchev–Trinajstić information content (AvgIpc) is 3.33. The Bertz CT molecular complexity index is 1460. The van der Waals surface area contributed by atoms with Crippen molar-refractivity contribution in [1.29, 1.82) is 0 Å². The first-order valence-corrected chi connectivity index (χ1v) is 19.9. The molecule has 2 aliphatic heterocycles. The molecule has 2 fully saturated rings. The van der Waals surface area contributed by atoms with Crippen molar-refractivity contribution in [3.63, 3.8) is 0 Å². The fraction of sp³-hybridized carbons (Fsp3) is 0.625. The number of rotatable bonds is 11. The fourth-order valence-corrected chi connectivity index (χ4v) is 17.8. The summed E-state index contributed by atoms with van der Waals surface area (Å²) in [6, 6.07) is 10.0. The smallest absolute Gasteiger partial charge is 0.335 e. The van der Waals surface area contributed by atoms with Crippen LogP contribution in [0.4, 0.5) is 0 Å². The minimum Gasteiger partial charge on any atom is -0.469 e. The zero-order chi connectivity index (χ0) is 34.0. The highest BCUT2D eigenvalue weighted by Crippen LogP contribution is 2.50. The Morgan fingerprint density at radius 3 is 2.00 bits per heavy atom. The number of aromatic nitrogens is 2. The first kappa shape index (κ1) is 36.1. The first-order chi connectivity index (χ1) is 21.7. The summed E-state index contributed by atoms with van der Waals surface area (Å²) in [5.74, 6) is -0.791. The molecule has 0 radical (unpaired) electrons. The standard InChI is InChI=1S/C32H48N2O10Si2/c1-19(2)45(20(3)4)42-27(26(37)23-13-11-10-12-14-23)28-29(43-46(44-45,21(5)6)22(7)8)30(40-18-16-25(36)39-9)31(41-28)34-17-15-24(35)33-32(34)38/h10-15,17,19-22,27-31H,16,18H2,1-9H3,(H,33,35,38)/t27?,28-,29-,30-,31-/m1/s1. The average molecular weight is 677 g/mol. The highest BCUT2D eigenvalue weighted by Gasteiger charge is 2.65. The summed E-state index contributed by atoms with van der Waals surface area (Å²) < 4.78 is 40.9. The van der Waals surface area contributed by atoms with Gasteiger partial charge in [-0.1, -0.05) is 85.7 Å². The third kappa shape index (κ3) is 6.93. The van der Waals surface area contributed by atoms with E-state index in [-0.39, 0.29) is 41.0 Å². The van der Waals surface area contributed by atoms with Gasteiger partial charge in [-0.25, -0.2) is 4.79 Å². The van der Waals surface area contributed by atoms with Crippen LogP contribution in [0.3, 0.4) is 0 Å². The quantitative estimate of drug-likeness (QED) is 0.204. The number of methoxy groups -OCH3 is 1. The van der Waals surface area contributed by atoms with Crippen molar-refractivity contribution in [2.45, 2.75) is 115 Å². The van der Waals surface area contributed by atoms with Gasteiger partial charge in [-0.15, -0.1) is 0 Å². The van der Waals surface area contributed by atoms with Crippen LogP contribution in [0.5, 0.6) is 0 Å². The zero-order valence-corrected chi connectivity index (χ0v) is 30.2. The van der Waals surface area contributed by atoms with Gasteiger partial charge in [-0.2, -0.15) is 0 Å². The van der Waals surface area contributed by atoms with Gasteiger partial charge in [0.15, 0.2) is 12.0 Å². The van der Waals surface area contributed by atoms with E-state index in [4.69, 9.17) is 27.2 Å². The number of hydrogen-bond donors (Lipinski definition) is 1. The molecule has 5 atom stereocenters. The summed E-state index contributed by atoms with van der Waals surface area (Å²) in [6.07, 6.45) is -4.02. The Morgan fingerprint density at radius 1 is 0.870 bits per heavy atom. The molecule has 2 saturated heterocycles. The number of aromatic amines is 1. The molecule has 0 bridgehead atoms. The molecule has 0 spiro atoms. The molecule has 1 N–H and O–H groups in total. The second kappa shape index (κ2) is 14.6. The van der Waals surface area contributed by atoms with Gasteiger partial charge in [0, 0.05) is 17.8 Å². The van der Waals surface area contributed by atoms with E-state index in [2.05, 4.69) is 60.4 Å². The molecule has 2 aromatic rings. The number of nitrogens with zero attached hydrogens (tertiary/aromatic N) is 1. The number of carbonyl (C=O) groups excluding carboxylic acids is 2. The van der Waals surface area contributed by atoms with Crippen molar-refractivity contribution in [1.82, 2.24) is 9.55 Å². The van der Waals surface area contributed by atoms with Crippen LogP contribution in [-0.4, -0.2) is 76.6 Å². The Balaban J connectivity index is 1.97. The third-order valence-corrected chi connectivity index (χ3v) is 19.2. The number of ketones is 1. The van der Waals surface area contributed by atoms with E-state index in [1.807, 2.05) is 6.07 Å². The minimum absolute atomic E-state index is 0.0481. The van der Waals surface area contributed by atoms with Gasteiger partial charge in [0.2, 0.25) is 0 Å². The Kier molecular flexibility index (Phi) is 11.4. The van der Waals surface area contributed by atoms with Gasteiger partial charge < -0.3 is 27.2 Å². The predicted molar refractivity (Wildman–Crippen MR) is 175 cm³/mol. The van der Waals surface area contributed by atoms with Gasteiger partial charge in [-0.3, -0.25) is 23.9 Å². The fourth-order valence-electron chi connectivity index (χ4n) is 6.55. The van der Waals surface area contributed by atoms with Crippen molar-refractivity contribution in [3.05, 3.63) is 69.0 Å². The number of esters is 1. The SMILES string of the molecule is COC(=O)CCO[C@@H]1[C@@H]2O[Si](C(C)C)(C(C)C)O[Si](C(C)C)(C(C)C)OC(C(=O)c3ccccc3)[C@H]2O[C@H]1n1ccc(=O)[nH]c1=O. The second-order valence-electron chi connectivity index (χ2n) is 13.2. The van der Waals surface area contributed by atoms with E-state index < -0.39 is 65.0 Å². The summed E-state index contributed by atoms with van der Waals surface area (Å²) in [7, 11) is -5.22. The molecule has 254 valence electrons. The third-order valence-electron chi connectivity index (χ3n) is 8.98. The van der Waals surface area contributed by atoms with Gasteiger partial charge in [0.05, 0.1) is 20.1 Å². The molecule has 1 aromatic carbocycles. The highest BCUT2D eigenvalue weighted by molar-refractivity contribution is 6.84. The van der Waals surface area contributed by atoms with Crippen LogP contribution in [0.15, 0.2) is 52.2 Å². The van der Waals surface area contributed by atoms with Crippen LogP contribution in [0, 0.1) is 0 Å². The molecule has 14 heteroatoms. The van der Waals surface area contributed by atoms with Crippen LogP contribution in [-0.2, 0) is 32.0 Å². The van der Waals surface area contributed by atoms with E-state index in [0.29, 0.717) is 5.56 Å². The van der Waals surface area contributed by atoms with E-state index in [9.17, 15) is 19.2 Å². The number of benzene rings is 1. The van der Waals surface area contributed by atoms with Crippen molar-refractivity contribution >= 4 is 28.9 Å². The first-order valence-electron chi connectivity index (χ1n) is 16.0. The lowest BCUT2D eigenvalue weighted by molar-refractivity contribution is -0.143. The topological polar surface area (TPSA) is 144 Å². The molecule has 0 aliphatic carbocycles. The maximum absolute atomic E-state index is 14.5. The number of carbonyl (C=O) groups is 2. The Hall–Kier alpha value is -2.73. The lowest BCUT2D eigenvalue weighted by Gasteiger charge is -2.53. The molecule has 2 aliphatic rings. The Morgan fingerprint density at radius 2 is 1.46 bits per heavy atom. The summed E-state index contributed by atoms with van der Waals surface area (Å²) in [4.78, 5) is 54.0. The van der Waals surface area contributed by atoms with E-state index in [1.54, 1.807) is 24.3 Å². The van der Waals surface area contributed by atoms with Crippen LogP contribution in [0.1, 0.15) is 78.4 Å². The maximum atomic E-state index is 14.5. The molecule has 12 nitrogen and oxygen atoms in total. The van der Waals surface area contributed by atoms with Crippen molar-refractivity contribution < 1.29 is 36.8 Å². The number of Topliss-reactive ketones (excluding diaryl/α,β-unsaturated/α-hetero) is 1. The molecule has 46 heavy (non-hydrogen) atoms. The van der Waals surface area contributed by atoms with Gasteiger partial charge >= 0.3 is 28.8 Å². The van der Waals surface area contributed by atoms with Crippen LogP contribution < -0.4 is 11.2 Å². The van der Waals surface area contributed by atoms with E-state index >= 15 is 0 Å². The summed E-state index contributed by atoms with van der Waals surface area (Å²) >= 11 is 0. The minimum atomic E-state index is -3.27. The monoisotopic (exact) mass is 676 g/mol. The number of fused-ring (bicyclic) bond motifs is 1. The normalized spacial score (nSPS) is 25.8. The molecular formula is C32H48N2O10Si2. The second-order valence-corrected chi connectivity index (χ2v) is 22.0. The molecule has 1 unspecified atom stereocenters. The summed E-state index contributed by atoms with van der Waals surface area (Å²) in [5.41, 5.74) is -1.09. The van der Waals surface area contributed by atoms with Crippen molar-refractivity contribution in [3.8, 4) is 0 Å². The zero-order valence-electron chi connectivity index (χ0n) is 28.2. The number of hydrogen-bond acceptors (Lipinski definition) is 10. The van der Waals surface area contributed by atoms with Crippen LogP contribution in [0.2, 0.25) is 22.2 Å². The van der Waals surface area contributed by atoms with Gasteiger partial charge in [-0.05, 0) is 22.2 Å². The molecule has 4 rings (SSSR count). The lowest BCUT2D eigenvalue weighted by atomic mass is 9.98. The summed E-state index contributed by atoms with van der Waals surface area (Å²) in [6.45, 7) is 16.5. The lowest BCUT2D eigenvalue weighted by Crippen LogP contribution is -2.68. The number of ether oxygens (including phenoxy) is 3. The van der Waals surface area contributed by atoms with Gasteiger partial charge in [0.1, 0.15) is 24.4 Å². The predicted octanol–water partition coefficient (Wildman–Crippen LogP) is 4.59. The largest absolute Gasteiger partial charge is 0.469 e. The van der Waals surface area contributed by atoms with Crippen LogP contribution >= 0.6 is 0 Å². The van der Waals surface area contributed by atoms with Crippen molar-refractivity contribution in [2.24, 2.45) is 0 Å². The molecule has 1 aromatic heterocycles. The molecular weight excluding hydrogens is 629 g/mol. The number of nitrogens with one attached hydrogen (secondary N) is 1. The molecule has 0 saturated carbocycles. The van der Waals surface area contributed by atoms with E-state index in [1.165, 1.54) is 23.9 Å². The van der Waals surface area contributed by atoms with Crippen LogP contribution in [0.25, 0.3) is 0 Å². The molecule has 3 heterocycles. The Labute approximate surface area is 272 Å².